The van der Waals surface area contributed by atoms with Crippen molar-refractivity contribution < 1.29 is 22.8 Å². The maximum absolute atomic E-state index is 12.3. The fourth-order valence-electron chi connectivity index (χ4n) is 2.91. The van der Waals surface area contributed by atoms with Gasteiger partial charge in [0.25, 0.3) is 0 Å². The molecule has 0 spiro atoms. The standard InChI is InChI=1S/C17H32N2O2.C3H8N2O3S/c1-13(2)7-5-9-16(20)19-12-6-8-15(19)17(21)18-11-10-14(3)4;1-5(2)9(7,8)4-3-6/h13-15H,5-12H2,1-4H3,(H,18,21);3H,1-2H3,(H,4,6). The van der Waals surface area contributed by atoms with Gasteiger partial charge in [0, 0.05) is 33.6 Å². The predicted octanol–water partition coefficient (Wildman–Crippen LogP) is 1.50. The van der Waals surface area contributed by atoms with Crippen LogP contribution in [0.2, 0.25) is 0 Å². The van der Waals surface area contributed by atoms with Crippen LogP contribution in [0.1, 0.15) is 66.2 Å². The van der Waals surface area contributed by atoms with Gasteiger partial charge in [0.1, 0.15) is 6.04 Å². The molecule has 0 radical (unpaired) electrons. The van der Waals surface area contributed by atoms with E-state index in [9.17, 15) is 22.8 Å². The fraction of sp³-hybridized carbons (Fsp3) is 0.850. The highest BCUT2D eigenvalue weighted by Crippen LogP contribution is 2.20. The number of nitrogens with one attached hydrogen (secondary N) is 2. The van der Waals surface area contributed by atoms with Gasteiger partial charge in [-0.05, 0) is 37.5 Å². The zero-order valence-electron chi connectivity index (χ0n) is 19.3. The molecule has 0 aromatic rings. The van der Waals surface area contributed by atoms with Gasteiger partial charge in [-0.2, -0.15) is 12.7 Å². The van der Waals surface area contributed by atoms with Crippen LogP contribution in [0.5, 0.6) is 0 Å². The van der Waals surface area contributed by atoms with Crippen molar-refractivity contribution >= 4 is 28.4 Å². The molecule has 0 aromatic carbocycles. The quantitative estimate of drug-likeness (QED) is 0.465. The van der Waals surface area contributed by atoms with Gasteiger partial charge in [0.05, 0.1) is 0 Å². The minimum Gasteiger partial charge on any atom is -0.354 e. The third-order valence-electron chi connectivity index (χ3n) is 4.75. The van der Waals surface area contributed by atoms with Gasteiger partial charge in [-0.1, -0.05) is 34.1 Å². The molecule has 0 aromatic heterocycles. The molecule has 1 rings (SSSR count). The van der Waals surface area contributed by atoms with Crippen LogP contribution >= 0.6 is 0 Å². The summed E-state index contributed by atoms with van der Waals surface area (Å²) in [4.78, 5) is 35.9. The van der Waals surface area contributed by atoms with E-state index in [2.05, 4.69) is 33.0 Å². The topological polar surface area (TPSA) is 116 Å². The zero-order chi connectivity index (χ0) is 23.3. The van der Waals surface area contributed by atoms with Gasteiger partial charge in [-0.25, -0.2) is 4.72 Å². The molecule has 0 aliphatic carbocycles. The van der Waals surface area contributed by atoms with Gasteiger partial charge in [0.2, 0.25) is 18.2 Å². The smallest absolute Gasteiger partial charge is 0.303 e. The van der Waals surface area contributed by atoms with Crippen molar-refractivity contribution in [3.63, 3.8) is 0 Å². The highest BCUT2D eigenvalue weighted by Gasteiger charge is 2.33. The molecule has 0 saturated carbocycles. The Balaban J connectivity index is 0.000000787. The third kappa shape index (κ3) is 11.5. The van der Waals surface area contributed by atoms with Gasteiger partial charge >= 0.3 is 10.2 Å². The van der Waals surface area contributed by atoms with Gasteiger partial charge in [-0.3, -0.25) is 14.4 Å². The first-order valence-electron chi connectivity index (χ1n) is 10.6. The Bertz CT molecular complexity index is 603. The number of likely N-dealkylation sites (tertiary alicyclic amines) is 1. The van der Waals surface area contributed by atoms with Crippen LogP contribution in [-0.2, 0) is 24.6 Å². The number of carbonyl (C=O) groups excluding carboxylic acids is 3. The molecule has 176 valence electrons. The Morgan fingerprint density at radius 2 is 1.73 bits per heavy atom. The van der Waals surface area contributed by atoms with Crippen molar-refractivity contribution in [3.8, 4) is 0 Å². The number of carbonyl (C=O) groups is 3. The summed E-state index contributed by atoms with van der Waals surface area (Å²) in [5, 5.41) is 2.98. The van der Waals surface area contributed by atoms with E-state index in [0.29, 0.717) is 24.8 Å². The number of amides is 3. The average Bonchev–Trinajstić information content (AvgIpc) is 3.11. The van der Waals surface area contributed by atoms with Crippen molar-refractivity contribution in [1.29, 1.82) is 0 Å². The average molecular weight is 449 g/mol. The lowest BCUT2D eigenvalue weighted by Gasteiger charge is -2.24. The van der Waals surface area contributed by atoms with Crippen molar-refractivity contribution in [3.05, 3.63) is 0 Å². The molecule has 9 nitrogen and oxygen atoms in total. The summed E-state index contributed by atoms with van der Waals surface area (Å²) in [6, 6.07) is -0.233. The molecule has 1 heterocycles. The second kappa shape index (κ2) is 14.3. The van der Waals surface area contributed by atoms with Crippen LogP contribution < -0.4 is 10.0 Å². The van der Waals surface area contributed by atoms with Crippen LogP contribution in [-0.4, -0.2) is 69.1 Å². The van der Waals surface area contributed by atoms with E-state index >= 15 is 0 Å². The van der Waals surface area contributed by atoms with Gasteiger partial charge in [0.15, 0.2) is 0 Å². The van der Waals surface area contributed by atoms with Gasteiger partial charge in [-0.15, -0.1) is 0 Å². The Morgan fingerprint density at radius 3 is 2.20 bits per heavy atom. The normalized spacial score (nSPS) is 16.4. The number of nitrogens with zero attached hydrogens (tertiary/aromatic N) is 2. The first-order valence-corrected chi connectivity index (χ1v) is 12.1. The van der Waals surface area contributed by atoms with Crippen LogP contribution in [0.3, 0.4) is 0 Å². The molecule has 10 heteroatoms. The molecule has 1 saturated heterocycles. The van der Waals surface area contributed by atoms with E-state index in [-0.39, 0.29) is 24.3 Å². The van der Waals surface area contributed by atoms with Gasteiger partial charge < -0.3 is 10.2 Å². The molecule has 1 aliphatic rings. The molecule has 1 aliphatic heterocycles. The summed E-state index contributed by atoms with van der Waals surface area (Å²) in [6.07, 6.45) is 5.44. The van der Waals surface area contributed by atoms with Crippen molar-refractivity contribution in [2.24, 2.45) is 11.8 Å². The van der Waals surface area contributed by atoms with E-state index in [0.717, 1.165) is 43.0 Å². The van der Waals surface area contributed by atoms with E-state index in [1.807, 2.05) is 0 Å². The second-order valence-electron chi connectivity index (χ2n) is 8.53. The molecular formula is C20H40N4O5S. The first-order chi connectivity index (χ1) is 13.9. The fourth-order valence-corrected chi connectivity index (χ4v) is 3.24. The Labute approximate surface area is 182 Å². The maximum atomic E-state index is 12.3. The van der Waals surface area contributed by atoms with E-state index < -0.39 is 10.2 Å². The molecule has 0 bridgehead atoms. The van der Waals surface area contributed by atoms with Crippen molar-refractivity contribution in [2.75, 3.05) is 27.2 Å². The summed E-state index contributed by atoms with van der Waals surface area (Å²) in [5.41, 5.74) is 0. The number of hydrogen-bond donors (Lipinski definition) is 2. The summed E-state index contributed by atoms with van der Waals surface area (Å²) < 4.78 is 23.6. The minimum atomic E-state index is -3.53. The summed E-state index contributed by atoms with van der Waals surface area (Å²) >= 11 is 0. The van der Waals surface area contributed by atoms with E-state index in [4.69, 9.17) is 0 Å². The van der Waals surface area contributed by atoms with Crippen LogP contribution in [0.15, 0.2) is 0 Å². The summed E-state index contributed by atoms with van der Waals surface area (Å²) in [5.74, 6) is 1.40. The number of rotatable bonds is 11. The molecule has 30 heavy (non-hydrogen) atoms. The Hall–Kier alpha value is -1.68. The van der Waals surface area contributed by atoms with Crippen LogP contribution in [0.25, 0.3) is 0 Å². The lowest BCUT2D eigenvalue weighted by atomic mass is 10.1. The SMILES string of the molecule is CC(C)CCCC(=O)N1CCCC1C(=O)NCCC(C)C.CN(C)S(=O)(=O)NC=O. The largest absolute Gasteiger partial charge is 0.354 e. The van der Waals surface area contributed by atoms with Crippen molar-refractivity contribution in [2.45, 2.75) is 72.3 Å². The molecular weight excluding hydrogens is 408 g/mol. The first kappa shape index (κ1) is 28.3. The highest BCUT2D eigenvalue weighted by atomic mass is 32.2. The van der Waals surface area contributed by atoms with E-state index in [1.165, 1.54) is 14.1 Å². The Morgan fingerprint density at radius 1 is 1.13 bits per heavy atom. The molecule has 3 amide bonds. The Kier molecular flexibility index (Phi) is 13.5. The molecule has 2 N–H and O–H groups in total. The zero-order valence-corrected chi connectivity index (χ0v) is 20.1. The third-order valence-corrected chi connectivity index (χ3v) is 6.10. The summed E-state index contributed by atoms with van der Waals surface area (Å²) in [6.45, 7) is 10.1. The molecule has 1 atom stereocenters. The maximum Gasteiger partial charge on any atom is 0.303 e. The molecule has 1 unspecified atom stereocenters. The van der Waals surface area contributed by atoms with Crippen LogP contribution in [0.4, 0.5) is 0 Å². The highest BCUT2D eigenvalue weighted by molar-refractivity contribution is 7.87. The predicted molar refractivity (Wildman–Crippen MR) is 118 cm³/mol. The lowest BCUT2D eigenvalue weighted by molar-refractivity contribution is -0.138. The summed E-state index contributed by atoms with van der Waals surface area (Å²) in [7, 11) is -0.883. The van der Waals surface area contributed by atoms with Crippen LogP contribution in [0, 0.1) is 11.8 Å². The second-order valence-corrected chi connectivity index (χ2v) is 10.4. The minimum absolute atomic E-state index is 0.0327. The molecule has 1 fully saturated rings. The lowest BCUT2D eigenvalue weighted by Crippen LogP contribution is -2.46. The number of hydrogen-bond acceptors (Lipinski definition) is 5. The van der Waals surface area contributed by atoms with Crippen molar-refractivity contribution in [1.82, 2.24) is 19.2 Å². The monoisotopic (exact) mass is 448 g/mol. The van der Waals surface area contributed by atoms with E-state index in [1.54, 1.807) is 9.62 Å².